The van der Waals surface area contributed by atoms with E-state index in [1.54, 1.807) is 12.1 Å². The Morgan fingerprint density at radius 3 is 2.25 bits per heavy atom. The zero-order valence-corrected chi connectivity index (χ0v) is 12.1. The van der Waals surface area contributed by atoms with Gasteiger partial charge in [0.05, 0.1) is 10.7 Å². The molecule has 20 heavy (non-hydrogen) atoms. The topological polar surface area (TPSA) is 49.3 Å². The van der Waals surface area contributed by atoms with E-state index in [1.807, 2.05) is 44.2 Å². The first-order valence-electron chi connectivity index (χ1n) is 6.30. The molecule has 0 fully saturated rings. The van der Waals surface area contributed by atoms with Crippen molar-refractivity contribution in [2.24, 2.45) is 0 Å². The molecule has 0 spiro atoms. The largest absolute Gasteiger partial charge is 0.479 e. The van der Waals surface area contributed by atoms with Gasteiger partial charge in [-0.15, -0.1) is 0 Å². The number of anilines is 1. The maximum absolute atomic E-state index is 11.6. The molecule has 0 aliphatic rings. The van der Waals surface area contributed by atoms with E-state index in [-0.39, 0.29) is 0 Å². The predicted octanol–water partition coefficient (Wildman–Crippen LogP) is 4.19. The number of para-hydroxylation sites is 1. The summed E-state index contributed by atoms with van der Waals surface area (Å²) in [6.45, 7) is 3.82. The number of hydrogen-bond donors (Lipinski definition) is 2. The third-order valence-electron chi connectivity index (χ3n) is 3.25. The molecule has 2 rings (SSSR count). The molecular weight excluding hydrogens is 274 g/mol. The van der Waals surface area contributed by atoms with Crippen LogP contribution in [0.1, 0.15) is 22.7 Å². The predicted molar refractivity (Wildman–Crippen MR) is 81.4 cm³/mol. The van der Waals surface area contributed by atoms with Crippen LogP contribution in [0, 0.1) is 13.8 Å². The molecule has 1 unspecified atom stereocenters. The van der Waals surface area contributed by atoms with Crippen molar-refractivity contribution >= 4 is 23.3 Å². The Balaban J connectivity index is 2.43. The van der Waals surface area contributed by atoms with E-state index in [2.05, 4.69) is 5.32 Å². The summed E-state index contributed by atoms with van der Waals surface area (Å²) in [4.78, 5) is 11.6. The normalized spacial score (nSPS) is 11.9. The van der Waals surface area contributed by atoms with Gasteiger partial charge >= 0.3 is 5.97 Å². The molecule has 104 valence electrons. The fourth-order valence-corrected chi connectivity index (χ4v) is 2.46. The molecular formula is C16H16ClNO2. The van der Waals surface area contributed by atoms with Gasteiger partial charge in [0.1, 0.15) is 0 Å². The molecule has 3 nitrogen and oxygen atoms in total. The Bertz CT molecular complexity index is 620. The Morgan fingerprint density at radius 1 is 1.10 bits per heavy atom. The minimum Gasteiger partial charge on any atom is -0.479 e. The van der Waals surface area contributed by atoms with Gasteiger partial charge in [-0.25, -0.2) is 4.79 Å². The fraction of sp³-hybridized carbons (Fsp3) is 0.188. The van der Waals surface area contributed by atoms with Crippen molar-refractivity contribution in [2.45, 2.75) is 19.9 Å². The molecule has 0 radical (unpaired) electrons. The number of carboxylic acid groups (broad SMARTS) is 1. The molecule has 2 aromatic carbocycles. The molecule has 2 aromatic rings. The molecule has 2 N–H and O–H groups in total. The standard InChI is InChI=1S/C16H16ClNO2/c1-10-6-5-7-11(2)14(10)15(16(19)20)18-13-9-4-3-8-12(13)17/h3-9,15,18H,1-2H3,(H,19,20). The van der Waals surface area contributed by atoms with Crippen molar-refractivity contribution in [3.8, 4) is 0 Å². The van der Waals surface area contributed by atoms with Gasteiger partial charge in [0, 0.05) is 0 Å². The second-order valence-corrected chi connectivity index (χ2v) is 5.11. The summed E-state index contributed by atoms with van der Waals surface area (Å²) in [7, 11) is 0. The van der Waals surface area contributed by atoms with Crippen molar-refractivity contribution in [3.63, 3.8) is 0 Å². The molecule has 0 saturated heterocycles. The molecule has 0 aromatic heterocycles. The van der Waals surface area contributed by atoms with Crippen LogP contribution in [0.4, 0.5) is 5.69 Å². The smallest absolute Gasteiger partial charge is 0.330 e. The molecule has 0 aliphatic heterocycles. The van der Waals surface area contributed by atoms with Gasteiger partial charge < -0.3 is 10.4 Å². The summed E-state index contributed by atoms with van der Waals surface area (Å²) < 4.78 is 0. The lowest BCUT2D eigenvalue weighted by atomic mass is 9.96. The van der Waals surface area contributed by atoms with Crippen molar-refractivity contribution in [1.29, 1.82) is 0 Å². The van der Waals surface area contributed by atoms with Gasteiger partial charge in [-0.2, -0.15) is 0 Å². The average molecular weight is 290 g/mol. The summed E-state index contributed by atoms with van der Waals surface area (Å²) in [5.74, 6) is -0.928. The average Bonchev–Trinajstić information content (AvgIpc) is 2.39. The van der Waals surface area contributed by atoms with Gasteiger partial charge in [0.2, 0.25) is 0 Å². The summed E-state index contributed by atoms with van der Waals surface area (Å²) in [5.41, 5.74) is 3.28. The first-order chi connectivity index (χ1) is 9.50. The van der Waals surface area contributed by atoms with Crippen LogP contribution in [-0.4, -0.2) is 11.1 Å². The minimum absolute atomic E-state index is 0.505. The molecule has 0 saturated carbocycles. The van der Waals surface area contributed by atoms with Gasteiger partial charge in [-0.3, -0.25) is 0 Å². The number of aryl methyl sites for hydroxylation is 2. The molecule has 0 heterocycles. The zero-order chi connectivity index (χ0) is 14.7. The lowest BCUT2D eigenvalue weighted by Gasteiger charge is -2.20. The molecule has 0 amide bonds. The number of hydrogen-bond acceptors (Lipinski definition) is 2. The second kappa shape index (κ2) is 5.97. The summed E-state index contributed by atoms with van der Waals surface area (Å²) in [6, 6.07) is 12.0. The van der Waals surface area contributed by atoms with Crippen LogP contribution in [0.5, 0.6) is 0 Å². The number of carboxylic acids is 1. The van der Waals surface area contributed by atoms with Crippen molar-refractivity contribution in [2.75, 3.05) is 5.32 Å². The number of benzene rings is 2. The number of rotatable bonds is 4. The van der Waals surface area contributed by atoms with Crippen LogP contribution in [0.2, 0.25) is 5.02 Å². The van der Waals surface area contributed by atoms with Gasteiger partial charge in [-0.1, -0.05) is 41.9 Å². The highest BCUT2D eigenvalue weighted by Crippen LogP contribution is 2.29. The van der Waals surface area contributed by atoms with Crippen LogP contribution in [0.15, 0.2) is 42.5 Å². The van der Waals surface area contributed by atoms with Crippen LogP contribution in [0.3, 0.4) is 0 Å². The maximum atomic E-state index is 11.6. The van der Waals surface area contributed by atoms with Gasteiger partial charge in [-0.05, 0) is 42.7 Å². The van der Waals surface area contributed by atoms with Crippen molar-refractivity contribution < 1.29 is 9.90 Å². The van der Waals surface area contributed by atoms with Crippen LogP contribution < -0.4 is 5.32 Å². The minimum atomic E-state index is -0.928. The van der Waals surface area contributed by atoms with E-state index in [0.29, 0.717) is 10.7 Å². The number of aliphatic carboxylic acids is 1. The third kappa shape index (κ3) is 2.94. The summed E-state index contributed by atoms with van der Waals surface area (Å²) in [6.07, 6.45) is 0. The first-order valence-corrected chi connectivity index (χ1v) is 6.68. The Morgan fingerprint density at radius 2 is 1.70 bits per heavy atom. The molecule has 4 heteroatoms. The lowest BCUT2D eigenvalue weighted by Crippen LogP contribution is -2.22. The summed E-state index contributed by atoms with van der Waals surface area (Å²) >= 11 is 6.08. The van der Waals surface area contributed by atoms with Crippen LogP contribution in [-0.2, 0) is 4.79 Å². The Hall–Kier alpha value is -2.00. The summed E-state index contributed by atoms with van der Waals surface area (Å²) in [5, 5.41) is 13.0. The lowest BCUT2D eigenvalue weighted by molar-refractivity contribution is -0.138. The number of nitrogens with one attached hydrogen (secondary N) is 1. The third-order valence-corrected chi connectivity index (χ3v) is 3.58. The van der Waals surface area contributed by atoms with E-state index in [9.17, 15) is 9.90 Å². The van der Waals surface area contributed by atoms with E-state index < -0.39 is 12.0 Å². The molecule has 0 aliphatic carbocycles. The second-order valence-electron chi connectivity index (χ2n) is 4.70. The van der Waals surface area contributed by atoms with E-state index in [4.69, 9.17) is 11.6 Å². The highest BCUT2D eigenvalue weighted by Gasteiger charge is 2.23. The van der Waals surface area contributed by atoms with Crippen LogP contribution in [0.25, 0.3) is 0 Å². The quantitative estimate of drug-likeness (QED) is 0.887. The molecule has 0 bridgehead atoms. The van der Waals surface area contributed by atoms with E-state index in [1.165, 1.54) is 0 Å². The van der Waals surface area contributed by atoms with Crippen molar-refractivity contribution in [3.05, 3.63) is 64.2 Å². The van der Waals surface area contributed by atoms with Gasteiger partial charge in [0.25, 0.3) is 0 Å². The number of carbonyl (C=O) groups is 1. The monoisotopic (exact) mass is 289 g/mol. The highest BCUT2D eigenvalue weighted by molar-refractivity contribution is 6.33. The van der Waals surface area contributed by atoms with Crippen molar-refractivity contribution in [1.82, 2.24) is 0 Å². The van der Waals surface area contributed by atoms with Crippen LogP contribution >= 0.6 is 11.6 Å². The Labute approximate surface area is 123 Å². The Kier molecular flexibility index (Phi) is 4.30. The maximum Gasteiger partial charge on any atom is 0.330 e. The highest BCUT2D eigenvalue weighted by atomic mass is 35.5. The number of halogens is 1. The first kappa shape index (κ1) is 14.4. The van der Waals surface area contributed by atoms with Gasteiger partial charge in [0.15, 0.2) is 6.04 Å². The molecule has 1 atom stereocenters. The van der Waals surface area contributed by atoms with E-state index >= 15 is 0 Å². The fourth-order valence-electron chi connectivity index (χ4n) is 2.27. The zero-order valence-electron chi connectivity index (χ0n) is 11.4. The SMILES string of the molecule is Cc1cccc(C)c1C(Nc1ccccc1Cl)C(=O)O. The van der Waals surface area contributed by atoms with E-state index in [0.717, 1.165) is 16.7 Å².